The molecule has 1 spiro atoms. The number of ether oxygens (including phenoxy) is 1. The minimum Gasteiger partial charge on any atom is -0.497 e. The highest BCUT2D eigenvalue weighted by Gasteiger charge is 2.62. The number of nitrogens with zero attached hydrogens (tertiary/aromatic N) is 2. The van der Waals surface area contributed by atoms with Gasteiger partial charge in [0.25, 0.3) is 0 Å². The zero-order valence-electron chi connectivity index (χ0n) is 17.2. The van der Waals surface area contributed by atoms with Gasteiger partial charge in [0.2, 0.25) is 5.91 Å². The molecule has 3 heterocycles. The maximum Gasteiger partial charge on any atom is 0.230 e. The summed E-state index contributed by atoms with van der Waals surface area (Å²) in [7, 11) is 1.70. The molecule has 0 aromatic heterocycles. The average Bonchev–Trinajstić information content (AvgIpc) is 3.39. The Labute approximate surface area is 173 Å². The number of hydrogen-bond acceptors (Lipinski definition) is 3. The molecule has 2 aromatic rings. The summed E-state index contributed by atoms with van der Waals surface area (Å²) in [6, 6.07) is 19.9. The Balaban J connectivity index is 1.27. The quantitative estimate of drug-likeness (QED) is 0.750. The topological polar surface area (TPSA) is 32.8 Å². The number of rotatable bonds is 6. The maximum atomic E-state index is 13.5. The number of carbonyl (C=O) groups excluding carboxylic acids is 1. The Morgan fingerprint density at radius 1 is 1.03 bits per heavy atom. The van der Waals surface area contributed by atoms with Crippen LogP contribution in [0.4, 0.5) is 0 Å². The Morgan fingerprint density at radius 3 is 2.59 bits per heavy atom. The van der Waals surface area contributed by atoms with Crippen LogP contribution in [0.2, 0.25) is 0 Å². The van der Waals surface area contributed by atoms with Crippen LogP contribution in [0, 0.1) is 5.41 Å². The van der Waals surface area contributed by atoms with E-state index in [1.807, 2.05) is 18.2 Å². The van der Waals surface area contributed by atoms with Crippen molar-refractivity contribution in [3.8, 4) is 5.75 Å². The summed E-state index contributed by atoms with van der Waals surface area (Å²) in [5.74, 6) is 1.31. The van der Waals surface area contributed by atoms with Gasteiger partial charge in [0, 0.05) is 31.7 Å². The molecule has 5 rings (SSSR count). The van der Waals surface area contributed by atoms with E-state index in [0.717, 1.165) is 44.6 Å². The van der Waals surface area contributed by atoms with Gasteiger partial charge in [-0.3, -0.25) is 9.69 Å². The summed E-state index contributed by atoms with van der Waals surface area (Å²) in [5, 5.41) is 0. The van der Waals surface area contributed by atoms with Gasteiger partial charge in [0.05, 0.1) is 12.5 Å². The summed E-state index contributed by atoms with van der Waals surface area (Å²) >= 11 is 0. The lowest BCUT2D eigenvalue weighted by molar-refractivity contribution is -0.137. The zero-order valence-corrected chi connectivity index (χ0v) is 17.2. The summed E-state index contributed by atoms with van der Waals surface area (Å²) in [4.78, 5) is 18.3. The third kappa shape index (κ3) is 3.24. The van der Waals surface area contributed by atoms with Crippen molar-refractivity contribution in [2.75, 3.05) is 20.2 Å². The fraction of sp³-hybridized carbons (Fsp3) is 0.480. The fourth-order valence-corrected chi connectivity index (χ4v) is 5.97. The van der Waals surface area contributed by atoms with Crippen molar-refractivity contribution >= 4 is 5.91 Å². The second-order valence-corrected chi connectivity index (χ2v) is 8.91. The molecule has 1 amide bonds. The Kier molecular flexibility index (Phi) is 4.83. The van der Waals surface area contributed by atoms with Crippen molar-refractivity contribution in [3.05, 3.63) is 65.7 Å². The Bertz CT molecular complexity index is 866. The predicted octanol–water partition coefficient (Wildman–Crippen LogP) is 3.89. The molecule has 3 saturated heterocycles. The molecular weight excluding hydrogens is 360 g/mol. The van der Waals surface area contributed by atoms with Gasteiger partial charge >= 0.3 is 0 Å². The minimum atomic E-state index is -0.133. The number of hydrogen-bond donors (Lipinski definition) is 0. The van der Waals surface area contributed by atoms with Crippen molar-refractivity contribution in [2.24, 2.45) is 5.41 Å². The molecule has 0 unspecified atom stereocenters. The second-order valence-electron chi connectivity index (χ2n) is 8.91. The van der Waals surface area contributed by atoms with Crippen LogP contribution in [0.15, 0.2) is 54.6 Å². The minimum absolute atomic E-state index is 0.133. The highest BCUT2D eigenvalue weighted by molar-refractivity contribution is 5.86. The molecule has 2 bridgehead atoms. The number of amides is 1. The van der Waals surface area contributed by atoms with Crippen LogP contribution < -0.4 is 4.74 Å². The van der Waals surface area contributed by atoms with E-state index in [-0.39, 0.29) is 5.41 Å². The summed E-state index contributed by atoms with van der Waals surface area (Å²) in [6.45, 7) is 2.71. The Hall–Kier alpha value is -2.33. The first-order valence-corrected chi connectivity index (χ1v) is 10.9. The van der Waals surface area contributed by atoms with E-state index in [1.165, 1.54) is 24.0 Å². The first-order chi connectivity index (χ1) is 14.2. The van der Waals surface area contributed by atoms with E-state index in [2.05, 4.69) is 46.2 Å². The van der Waals surface area contributed by atoms with Crippen molar-refractivity contribution < 1.29 is 9.53 Å². The fourth-order valence-electron chi connectivity index (χ4n) is 5.97. The highest BCUT2D eigenvalue weighted by Crippen LogP contribution is 2.55. The lowest BCUT2D eigenvalue weighted by atomic mass is 9.72. The number of fused-ring (bicyclic) bond motifs is 3. The van der Waals surface area contributed by atoms with Crippen molar-refractivity contribution in [3.63, 3.8) is 0 Å². The van der Waals surface area contributed by atoms with Gasteiger partial charge < -0.3 is 9.64 Å². The molecular formula is C25H30N2O2. The number of carbonyl (C=O) groups is 1. The molecule has 29 heavy (non-hydrogen) atoms. The number of methoxy groups -OCH3 is 1. The van der Waals surface area contributed by atoms with Gasteiger partial charge in [-0.2, -0.15) is 0 Å². The van der Waals surface area contributed by atoms with E-state index in [9.17, 15) is 4.79 Å². The van der Waals surface area contributed by atoms with Gasteiger partial charge in [-0.1, -0.05) is 42.5 Å². The molecule has 3 atom stereocenters. The Morgan fingerprint density at radius 2 is 1.83 bits per heavy atom. The van der Waals surface area contributed by atoms with Crippen molar-refractivity contribution in [2.45, 2.75) is 50.7 Å². The van der Waals surface area contributed by atoms with Crippen molar-refractivity contribution in [1.82, 2.24) is 9.80 Å². The van der Waals surface area contributed by atoms with Crippen molar-refractivity contribution in [1.29, 1.82) is 0 Å². The summed E-state index contributed by atoms with van der Waals surface area (Å²) < 4.78 is 5.29. The molecule has 4 heteroatoms. The van der Waals surface area contributed by atoms with Crippen LogP contribution >= 0.6 is 0 Å². The van der Waals surface area contributed by atoms with Crippen LogP contribution in [0.3, 0.4) is 0 Å². The van der Waals surface area contributed by atoms with Gasteiger partial charge in [0.15, 0.2) is 0 Å². The largest absolute Gasteiger partial charge is 0.497 e. The highest BCUT2D eigenvalue weighted by atomic mass is 16.5. The normalized spacial score (nSPS) is 28.6. The molecule has 3 fully saturated rings. The molecule has 3 aliphatic heterocycles. The molecule has 2 aromatic carbocycles. The first-order valence-electron chi connectivity index (χ1n) is 10.9. The maximum absolute atomic E-state index is 13.5. The summed E-state index contributed by atoms with van der Waals surface area (Å²) in [6.07, 6.45) is 5.43. The van der Waals surface area contributed by atoms with E-state index in [0.29, 0.717) is 18.0 Å². The van der Waals surface area contributed by atoms with Gasteiger partial charge in [-0.15, -0.1) is 0 Å². The van der Waals surface area contributed by atoms with Gasteiger partial charge in [-0.25, -0.2) is 0 Å². The predicted molar refractivity (Wildman–Crippen MR) is 114 cm³/mol. The molecule has 0 radical (unpaired) electrons. The van der Waals surface area contributed by atoms with Crippen LogP contribution in [0.1, 0.15) is 36.8 Å². The third-order valence-corrected chi connectivity index (χ3v) is 7.46. The monoisotopic (exact) mass is 390 g/mol. The first kappa shape index (κ1) is 18.7. The molecule has 0 N–H and O–H groups in total. The molecule has 4 nitrogen and oxygen atoms in total. The van der Waals surface area contributed by atoms with Crippen LogP contribution in [-0.4, -0.2) is 48.0 Å². The molecule has 3 aliphatic rings. The standard InChI is InChI=1S/C25H30N2O2/c1-29-22-10-7-20(8-11-22)18-27-21-9-12-23(27)25(17-21)14-16-26(24(25)28)15-13-19-5-3-2-4-6-19/h2-8,10-11,21,23H,9,12-18H2,1H3/t21-,23-,25+/m0/s1. The number of likely N-dealkylation sites (tertiary alicyclic amines) is 1. The molecule has 152 valence electrons. The van der Waals surface area contributed by atoms with Crippen LogP contribution in [0.25, 0.3) is 0 Å². The number of benzene rings is 2. The lowest BCUT2D eigenvalue weighted by Gasteiger charge is -2.32. The van der Waals surface area contributed by atoms with Crippen LogP contribution in [0.5, 0.6) is 5.75 Å². The smallest absolute Gasteiger partial charge is 0.230 e. The lowest BCUT2D eigenvalue weighted by Crippen LogP contribution is -2.44. The molecule has 0 saturated carbocycles. The molecule has 0 aliphatic carbocycles. The average molecular weight is 391 g/mol. The van der Waals surface area contributed by atoms with E-state index < -0.39 is 0 Å². The summed E-state index contributed by atoms with van der Waals surface area (Å²) in [5.41, 5.74) is 2.49. The third-order valence-electron chi connectivity index (χ3n) is 7.46. The SMILES string of the molecule is COc1ccc(CN2[C@H]3CC[C@H]2[C@@]2(CCN(CCc4ccccc4)C2=O)C3)cc1. The zero-order chi connectivity index (χ0) is 19.8. The van der Waals surface area contributed by atoms with E-state index >= 15 is 0 Å². The van der Waals surface area contributed by atoms with Gasteiger partial charge in [-0.05, 0) is 55.4 Å². The van der Waals surface area contributed by atoms with E-state index in [4.69, 9.17) is 4.74 Å². The second kappa shape index (κ2) is 7.49. The van der Waals surface area contributed by atoms with Gasteiger partial charge in [0.1, 0.15) is 5.75 Å². The van der Waals surface area contributed by atoms with Crippen LogP contribution in [-0.2, 0) is 17.8 Å². The van der Waals surface area contributed by atoms with E-state index in [1.54, 1.807) is 7.11 Å².